The number of aliphatic hydroxyl groups excluding tert-OH is 1. The fourth-order valence-electron chi connectivity index (χ4n) is 2.19. The molecule has 1 aliphatic rings. The average molecular weight is 171 g/mol. The predicted octanol–water partition coefficient (Wildman–Crippen LogP) is 1.63. The van der Waals surface area contributed by atoms with Crippen LogP contribution in [0.1, 0.15) is 39.5 Å². The van der Waals surface area contributed by atoms with E-state index in [2.05, 4.69) is 18.7 Å². The van der Waals surface area contributed by atoms with Crippen molar-refractivity contribution in [2.75, 3.05) is 13.1 Å². The molecule has 2 atom stereocenters. The molecule has 1 saturated carbocycles. The normalized spacial score (nSPS) is 30.0. The summed E-state index contributed by atoms with van der Waals surface area (Å²) in [6.07, 6.45) is 4.53. The number of aliphatic hydroxyl groups is 1. The van der Waals surface area contributed by atoms with Gasteiger partial charge in [-0.25, -0.2) is 0 Å². The van der Waals surface area contributed by atoms with E-state index in [4.69, 9.17) is 0 Å². The zero-order valence-corrected chi connectivity index (χ0v) is 8.29. The van der Waals surface area contributed by atoms with Crippen LogP contribution in [0.3, 0.4) is 0 Å². The summed E-state index contributed by atoms with van der Waals surface area (Å²) in [5, 5.41) is 9.68. The van der Waals surface area contributed by atoms with Crippen LogP contribution in [0.4, 0.5) is 0 Å². The topological polar surface area (TPSA) is 23.5 Å². The minimum absolute atomic E-state index is 0.0588. The van der Waals surface area contributed by atoms with Crippen LogP contribution < -0.4 is 0 Å². The van der Waals surface area contributed by atoms with Crippen molar-refractivity contribution in [3.05, 3.63) is 0 Å². The summed E-state index contributed by atoms with van der Waals surface area (Å²) in [5.74, 6) is 0. The summed E-state index contributed by atoms with van der Waals surface area (Å²) in [4.78, 5) is 2.41. The van der Waals surface area contributed by atoms with E-state index in [0.717, 1.165) is 19.5 Å². The third-order valence-corrected chi connectivity index (χ3v) is 2.83. The Labute approximate surface area is 75.6 Å². The maximum Gasteiger partial charge on any atom is 0.0695 e. The van der Waals surface area contributed by atoms with E-state index >= 15 is 0 Å². The van der Waals surface area contributed by atoms with Crippen LogP contribution in [0.25, 0.3) is 0 Å². The Bertz CT molecular complexity index is 127. The lowest BCUT2D eigenvalue weighted by Gasteiger charge is -2.29. The molecule has 0 bridgehead atoms. The van der Waals surface area contributed by atoms with Gasteiger partial charge in [0.1, 0.15) is 0 Å². The van der Waals surface area contributed by atoms with E-state index in [1.54, 1.807) is 0 Å². The summed E-state index contributed by atoms with van der Waals surface area (Å²) < 4.78 is 0. The average Bonchev–Trinajstić information content (AvgIpc) is 2.47. The minimum atomic E-state index is -0.0588. The Balaban J connectivity index is 2.41. The Hall–Kier alpha value is -0.0800. The number of nitrogens with zero attached hydrogens (tertiary/aromatic N) is 1. The van der Waals surface area contributed by atoms with Gasteiger partial charge in [0.15, 0.2) is 0 Å². The monoisotopic (exact) mass is 171 g/mol. The number of hydrogen-bond acceptors (Lipinski definition) is 2. The Kier molecular flexibility index (Phi) is 4.02. The third kappa shape index (κ3) is 2.20. The van der Waals surface area contributed by atoms with Crippen LogP contribution in [0, 0.1) is 0 Å². The van der Waals surface area contributed by atoms with Gasteiger partial charge in [0.2, 0.25) is 0 Å². The van der Waals surface area contributed by atoms with Crippen molar-refractivity contribution < 1.29 is 5.11 Å². The van der Waals surface area contributed by atoms with E-state index in [1.807, 2.05) is 0 Å². The molecular formula is C10H21NO. The van der Waals surface area contributed by atoms with E-state index in [1.165, 1.54) is 19.3 Å². The molecule has 2 heteroatoms. The van der Waals surface area contributed by atoms with Gasteiger partial charge in [0, 0.05) is 6.04 Å². The summed E-state index contributed by atoms with van der Waals surface area (Å²) in [6.45, 7) is 6.60. The largest absolute Gasteiger partial charge is 0.391 e. The van der Waals surface area contributed by atoms with Crippen molar-refractivity contribution in [2.45, 2.75) is 51.7 Å². The van der Waals surface area contributed by atoms with Gasteiger partial charge in [0.05, 0.1) is 6.10 Å². The highest BCUT2D eigenvalue weighted by atomic mass is 16.3. The van der Waals surface area contributed by atoms with E-state index in [-0.39, 0.29) is 6.10 Å². The number of rotatable bonds is 4. The molecule has 1 fully saturated rings. The van der Waals surface area contributed by atoms with Gasteiger partial charge >= 0.3 is 0 Å². The van der Waals surface area contributed by atoms with E-state index in [9.17, 15) is 5.11 Å². The van der Waals surface area contributed by atoms with Crippen LogP contribution in [0.15, 0.2) is 0 Å². The molecule has 72 valence electrons. The minimum Gasteiger partial charge on any atom is -0.391 e. The highest BCUT2D eigenvalue weighted by molar-refractivity contribution is 4.84. The molecular weight excluding hydrogens is 150 g/mol. The van der Waals surface area contributed by atoms with Crippen molar-refractivity contribution in [3.63, 3.8) is 0 Å². The first-order valence-corrected chi connectivity index (χ1v) is 5.21. The first-order chi connectivity index (χ1) is 5.79. The van der Waals surface area contributed by atoms with Gasteiger partial charge in [0.25, 0.3) is 0 Å². The molecule has 1 N–H and O–H groups in total. The predicted molar refractivity (Wildman–Crippen MR) is 51.2 cm³/mol. The van der Waals surface area contributed by atoms with Crippen molar-refractivity contribution >= 4 is 0 Å². The lowest BCUT2D eigenvalue weighted by atomic mass is 10.1. The lowest BCUT2D eigenvalue weighted by molar-refractivity contribution is 0.0739. The standard InChI is InChI=1S/C10H21NO/c1-3-8-11(4-2)9-6-5-7-10(9)12/h9-10,12H,3-8H2,1-2H3/t9-,10-/m1/s1. The molecule has 0 unspecified atom stereocenters. The Morgan fingerprint density at radius 1 is 1.33 bits per heavy atom. The smallest absolute Gasteiger partial charge is 0.0695 e. The SMILES string of the molecule is CCCN(CC)[C@@H]1CCC[C@H]1O. The summed E-state index contributed by atoms with van der Waals surface area (Å²) in [6, 6.07) is 0.454. The van der Waals surface area contributed by atoms with Gasteiger partial charge in [-0.15, -0.1) is 0 Å². The van der Waals surface area contributed by atoms with Gasteiger partial charge in [-0.3, -0.25) is 4.90 Å². The fourth-order valence-corrected chi connectivity index (χ4v) is 2.19. The Morgan fingerprint density at radius 2 is 2.08 bits per heavy atom. The lowest BCUT2D eigenvalue weighted by Crippen LogP contribution is -2.40. The second-order valence-corrected chi connectivity index (χ2v) is 3.69. The number of likely N-dealkylation sites (N-methyl/N-ethyl adjacent to an activating group) is 1. The van der Waals surface area contributed by atoms with Crippen LogP contribution in [0.2, 0.25) is 0 Å². The summed E-state index contributed by atoms with van der Waals surface area (Å²) in [5.41, 5.74) is 0. The van der Waals surface area contributed by atoms with Crippen molar-refractivity contribution in [1.82, 2.24) is 4.90 Å². The second kappa shape index (κ2) is 4.83. The van der Waals surface area contributed by atoms with Gasteiger partial charge < -0.3 is 5.11 Å². The molecule has 0 heterocycles. The van der Waals surface area contributed by atoms with Gasteiger partial charge in [-0.2, -0.15) is 0 Å². The first-order valence-electron chi connectivity index (χ1n) is 5.21. The van der Waals surface area contributed by atoms with Crippen LogP contribution >= 0.6 is 0 Å². The molecule has 2 nitrogen and oxygen atoms in total. The Morgan fingerprint density at radius 3 is 2.50 bits per heavy atom. The molecule has 1 aliphatic carbocycles. The van der Waals surface area contributed by atoms with Crippen LogP contribution in [-0.2, 0) is 0 Å². The zero-order chi connectivity index (χ0) is 8.97. The highest BCUT2D eigenvalue weighted by Gasteiger charge is 2.28. The summed E-state index contributed by atoms with van der Waals surface area (Å²) >= 11 is 0. The van der Waals surface area contributed by atoms with Crippen molar-refractivity contribution in [3.8, 4) is 0 Å². The quantitative estimate of drug-likeness (QED) is 0.695. The molecule has 0 amide bonds. The van der Waals surface area contributed by atoms with E-state index < -0.39 is 0 Å². The zero-order valence-electron chi connectivity index (χ0n) is 8.29. The molecule has 1 rings (SSSR count). The summed E-state index contributed by atoms with van der Waals surface area (Å²) in [7, 11) is 0. The van der Waals surface area contributed by atoms with Gasteiger partial charge in [-0.1, -0.05) is 13.8 Å². The third-order valence-electron chi connectivity index (χ3n) is 2.83. The maximum absolute atomic E-state index is 9.68. The fraction of sp³-hybridized carbons (Fsp3) is 1.00. The molecule has 0 radical (unpaired) electrons. The van der Waals surface area contributed by atoms with Crippen LogP contribution in [0.5, 0.6) is 0 Å². The molecule has 0 aromatic heterocycles. The molecule has 12 heavy (non-hydrogen) atoms. The van der Waals surface area contributed by atoms with Crippen molar-refractivity contribution in [1.29, 1.82) is 0 Å². The molecule has 0 aromatic carbocycles. The molecule has 0 saturated heterocycles. The van der Waals surface area contributed by atoms with Gasteiger partial charge in [-0.05, 0) is 38.8 Å². The van der Waals surface area contributed by atoms with E-state index in [0.29, 0.717) is 6.04 Å². The van der Waals surface area contributed by atoms with Crippen LogP contribution in [-0.4, -0.2) is 35.2 Å². The first kappa shape index (κ1) is 10.0. The molecule has 0 spiro atoms. The molecule has 0 aliphatic heterocycles. The number of hydrogen-bond donors (Lipinski definition) is 1. The highest BCUT2D eigenvalue weighted by Crippen LogP contribution is 2.23. The van der Waals surface area contributed by atoms with Crippen molar-refractivity contribution in [2.24, 2.45) is 0 Å². The molecule has 0 aromatic rings. The maximum atomic E-state index is 9.68. The second-order valence-electron chi connectivity index (χ2n) is 3.69.